The van der Waals surface area contributed by atoms with Crippen molar-refractivity contribution in [3.05, 3.63) is 77.4 Å². The number of carbonyl (C=O) groups is 3. The van der Waals surface area contributed by atoms with Crippen LogP contribution in [0, 0.1) is 11.7 Å². The molecule has 10 heteroatoms. The summed E-state index contributed by atoms with van der Waals surface area (Å²) in [6, 6.07) is 9.09. The number of carbonyl (C=O) groups excluding carboxylic acids is 2. The van der Waals surface area contributed by atoms with E-state index in [0.717, 1.165) is 5.39 Å². The number of allylic oxidation sites excluding steroid dienone is 1. The van der Waals surface area contributed by atoms with Gasteiger partial charge in [0.05, 0.1) is 6.61 Å². The van der Waals surface area contributed by atoms with E-state index < -0.39 is 17.6 Å². The van der Waals surface area contributed by atoms with Gasteiger partial charge in [-0.15, -0.1) is 0 Å². The third-order valence-electron chi connectivity index (χ3n) is 4.51. The predicted octanol–water partition coefficient (Wildman–Crippen LogP) is 3.87. The summed E-state index contributed by atoms with van der Waals surface area (Å²) in [4.78, 5) is 41.3. The van der Waals surface area contributed by atoms with Crippen LogP contribution in [-0.2, 0) is 23.9 Å². The van der Waals surface area contributed by atoms with Gasteiger partial charge in [-0.1, -0.05) is 13.8 Å². The molecule has 2 aromatic heterocycles. The number of halogens is 1. The number of carboxylic acid groups (broad SMARTS) is 1. The van der Waals surface area contributed by atoms with E-state index >= 15 is 0 Å². The summed E-state index contributed by atoms with van der Waals surface area (Å²) in [5.74, 6) is -1.79. The van der Waals surface area contributed by atoms with Crippen molar-refractivity contribution in [2.45, 2.75) is 13.8 Å². The number of hydrogen-bond acceptors (Lipinski definition) is 7. The predicted molar refractivity (Wildman–Crippen MR) is 122 cm³/mol. The van der Waals surface area contributed by atoms with Crippen LogP contribution >= 0.6 is 0 Å². The number of fused-ring (bicyclic) bond motifs is 1. The van der Waals surface area contributed by atoms with Crippen molar-refractivity contribution in [3.63, 3.8) is 0 Å². The molecule has 0 amide bonds. The van der Waals surface area contributed by atoms with Crippen LogP contribution in [0.3, 0.4) is 0 Å². The minimum absolute atomic E-state index is 0.0362. The van der Waals surface area contributed by atoms with Gasteiger partial charge in [-0.3, -0.25) is 9.59 Å². The maximum Gasteiger partial charge on any atom is 0.347 e. The molecule has 0 aliphatic carbocycles. The summed E-state index contributed by atoms with van der Waals surface area (Å²) in [7, 11) is 0. The van der Waals surface area contributed by atoms with E-state index in [2.05, 4.69) is 15.3 Å². The van der Waals surface area contributed by atoms with E-state index in [4.69, 9.17) is 19.4 Å². The van der Waals surface area contributed by atoms with Crippen molar-refractivity contribution in [2.75, 3.05) is 11.9 Å². The van der Waals surface area contributed by atoms with E-state index in [1.54, 1.807) is 18.5 Å². The molecule has 0 saturated heterocycles. The average molecular weight is 467 g/mol. The van der Waals surface area contributed by atoms with Crippen LogP contribution in [-0.4, -0.2) is 39.9 Å². The minimum Gasteiger partial charge on any atom is -0.483 e. The maximum atomic E-state index is 13.2. The Morgan fingerprint density at radius 1 is 1.29 bits per heavy atom. The molecule has 1 aromatic carbocycles. The summed E-state index contributed by atoms with van der Waals surface area (Å²) in [6.07, 6.45) is 4.89. The van der Waals surface area contributed by atoms with Crippen LogP contribution in [0.25, 0.3) is 17.1 Å². The first kappa shape index (κ1) is 24.2. The highest BCUT2D eigenvalue weighted by Gasteiger charge is 2.37. The van der Waals surface area contributed by atoms with Gasteiger partial charge in [-0.05, 0) is 48.4 Å². The first-order valence-corrected chi connectivity index (χ1v) is 10.2. The van der Waals surface area contributed by atoms with Gasteiger partial charge >= 0.3 is 5.97 Å². The van der Waals surface area contributed by atoms with Gasteiger partial charge in [0.2, 0.25) is 11.7 Å². The molecule has 0 spiro atoms. The first-order valence-electron chi connectivity index (χ1n) is 10.2. The highest BCUT2D eigenvalue weighted by molar-refractivity contribution is 6.26. The smallest absolute Gasteiger partial charge is 0.347 e. The number of aromatic amines is 1. The molecule has 0 unspecified atom stereocenters. The number of esters is 1. The number of pyridine rings is 1. The zero-order valence-electron chi connectivity index (χ0n) is 18.4. The van der Waals surface area contributed by atoms with Crippen LogP contribution in [0.1, 0.15) is 19.4 Å². The van der Waals surface area contributed by atoms with Gasteiger partial charge in [-0.2, -0.15) is 0 Å². The van der Waals surface area contributed by atoms with Crippen molar-refractivity contribution in [1.82, 2.24) is 9.97 Å². The Hall–Kier alpha value is -4.47. The highest BCUT2D eigenvalue weighted by Crippen LogP contribution is 2.30. The number of ether oxygens (including phenoxy) is 2. The van der Waals surface area contributed by atoms with Gasteiger partial charge in [0.1, 0.15) is 11.5 Å². The normalized spacial score (nSPS) is 14.1. The topological polar surface area (TPSA) is 131 Å². The first-order chi connectivity index (χ1) is 16.3. The Bertz CT molecular complexity index is 1260. The third-order valence-corrected chi connectivity index (χ3v) is 4.51. The summed E-state index contributed by atoms with van der Waals surface area (Å²) in [5.41, 5.74) is 1.56. The van der Waals surface area contributed by atoms with Gasteiger partial charge < -0.3 is 24.9 Å². The molecule has 9 nitrogen and oxygen atoms in total. The zero-order valence-corrected chi connectivity index (χ0v) is 18.4. The lowest BCUT2D eigenvalue weighted by atomic mass is 10.1. The number of ketones is 1. The van der Waals surface area contributed by atoms with Crippen molar-refractivity contribution >= 4 is 41.0 Å². The second-order valence-electron chi connectivity index (χ2n) is 7.52. The number of H-pyrrole nitrogens is 1. The average Bonchev–Trinajstić information content (AvgIpc) is 3.35. The van der Waals surface area contributed by atoms with Crippen LogP contribution in [0.15, 0.2) is 66.0 Å². The number of rotatable bonds is 6. The van der Waals surface area contributed by atoms with E-state index in [0.29, 0.717) is 16.9 Å². The second kappa shape index (κ2) is 10.9. The maximum absolute atomic E-state index is 13.2. The number of nitrogens with zero attached hydrogens (tertiary/aromatic N) is 1. The molecule has 176 valence electrons. The molecule has 0 saturated carbocycles. The molecule has 3 aromatic rings. The summed E-state index contributed by atoms with van der Waals surface area (Å²) >= 11 is 0. The highest BCUT2D eigenvalue weighted by atomic mass is 19.1. The van der Waals surface area contributed by atoms with Crippen LogP contribution in [0.5, 0.6) is 0 Å². The van der Waals surface area contributed by atoms with Crippen molar-refractivity contribution in [3.8, 4) is 0 Å². The minimum atomic E-state index is -0.785. The largest absolute Gasteiger partial charge is 0.483 e. The zero-order chi connectivity index (χ0) is 24.7. The van der Waals surface area contributed by atoms with Gasteiger partial charge in [0.25, 0.3) is 6.47 Å². The number of benzene rings is 1. The van der Waals surface area contributed by atoms with Crippen LogP contribution in [0.2, 0.25) is 0 Å². The lowest BCUT2D eigenvalue weighted by molar-refractivity contribution is -0.141. The Balaban J connectivity index is 0.00000103. The van der Waals surface area contributed by atoms with Crippen LogP contribution < -0.4 is 5.32 Å². The second-order valence-corrected chi connectivity index (χ2v) is 7.52. The van der Waals surface area contributed by atoms with Gasteiger partial charge in [-0.25, -0.2) is 14.2 Å². The molecule has 0 bridgehead atoms. The van der Waals surface area contributed by atoms with Crippen molar-refractivity contribution < 1.29 is 33.4 Å². The summed E-state index contributed by atoms with van der Waals surface area (Å²) < 4.78 is 24.2. The number of nitrogens with one attached hydrogen (secondary N) is 2. The summed E-state index contributed by atoms with van der Waals surface area (Å²) in [6.45, 7) is 3.69. The molecule has 3 heterocycles. The number of hydrogen-bond donors (Lipinski definition) is 3. The number of Topliss-reactive ketones (excluding diaryl/α,β-unsaturated/α-hetero) is 1. The molecular formula is C24H22FN3O6. The molecule has 0 radical (unpaired) electrons. The Labute approximate surface area is 193 Å². The van der Waals surface area contributed by atoms with Crippen molar-refractivity contribution in [2.24, 2.45) is 5.92 Å². The molecule has 1 aliphatic heterocycles. The molecule has 34 heavy (non-hydrogen) atoms. The Morgan fingerprint density at radius 2 is 2.00 bits per heavy atom. The lowest BCUT2D eigenvalue weighted by Crippen LogP contribution is -2.18. The monoisotopic (exact) mass is 467 g/mol. The lowest BCUT2D eigenvalue weighted by Gasteiger charge is -2.09. The number of anilines is 1. The molecule has 3 N–H and O–H groups in total. The quantitative estimate of drug-likeness (QED) is 0.216. The van der Waals surface area contributed by atoms with E-state index in [1.807, 2.05) is 19.9 Å². The molecule has 4 rings (SSSR count). The molecule has 0 atom stereocenters. The third kappa shape index (κ3) is 5.66. The standard InChI is InChI=1S/C23H20FN3O4.CH2O2/c1-13(2)12-30-23(29)19-20(28)18(10-14-11-26-21-17(14)4-3-9-25-21)31-22(19)27-16-7-5-15(24)6-8-16;2-1-3/h3-11,13,27H,12H2,1-2H3,(H,25,26);1H,(H,2,3). The van der Waals surface area contributed by atoms with E-state index in [1.165, 1.54) is 30.3 Å². The Morgan fingerprint density at radius 3 is 2.68 bits per heavy atom. The molecule has 0 fully saturated rings. The Kier molecular flexibility index (Phi) is 7.75. The number of aromatic nitrogens is 2. The van der Waals surface area contributed by atoms with Gasteiger partial charge in [0.15, 0.2) is 11.3 Å². The fraction of sp³-hybridized carbons (Fsp3) is 0.167. The van der Waals surface area contributed by atoms with E-state index in [-0.39, 0.29) is 36.2 Å². The van der Waals surface area contributed by atoms with Gasteiger partial charge in [0, 0.05) is 29.0 Å². The van der Waals surface area contributed by atoms with E-state index in [9.17, 15) is 14.0 Å². The SMILES string of the molecule is CC(C)COC(=O)C1=C(Nc2ccc(F)cc2)OC(=Cc2c[nH]c3ncccc23)C1=O.O=CO. The fourth-order valence-electron chi connectivity index (χ4n) is 3.02. The molecule has 1 aliphatic rings. The molecular weight excluding hydrogens is 445 g/mol. The summed E-state index contributed by atoms with van der Waals surface area (Å²) in [5, 5.41) is 10.6. The fourth-order valence-corrected chi connectivity index (χ4v) is 3.02. The van der Waals surface area contributed by atoms with Crippen LogP contribution in [0.4, 0.5) is 10.1 Å². The van der Waals surface area contributed by atoms with Crippen molar-refractivity contribution in [1.29, 1.82) is 0 Å².